The van der Waals surface area contributed by atoms with Crippen LogP contribution < -0.4 is 9.47 Å². The van der Waals surface area contributed by atoms with Crippen LogP contribution in [0.2, 0.25) is 0 Å². The van der Waals surface area contributed by atoms with Crippen LogP contribution in [0.1, 0.15) is 30.9 Å². The van der Waals surface area contributed by atoms with E-state index in [2.05, 4.69) is 15.9 Å². The number of rotatable bonds is 9. The minimum absolute atomic E-state index is 0.0866. The van der Waals surface area contributed by atoms with Crippen LogP contribution >= 0.6 is 15.9 Å². The van der Waals surface area contributed by atoms with Crippen LogP contribution in [0.3, 0.4) is 0 Å². The van der Waals surface area contributed by atoms with Gasteiger partial charge in [-0.3, -0.25) is 0 Å². The second-order valence-corrected chi connectivity index (χ2v) is 8.47. The highest BCUT2D eigenvalue weighted by atomic mass is 79.9. The number of hydrogen-bond acceptors (Lipinski definition) is 8. The van der Waals surface area contributed by atoms with E-state index in [9.17, 15) is 14.7 Å². The minimum Gasteiger partial charge on any atom is -0.503 e. The van der Waals surface area contributed by atoms with Gasteiger partial charge in [-0.1, -0.05) is 12.1 Å². The molecule has 0 atom stereocenters. The second kappa shape index (κ2) is 11.8. The summed E-state index contributed by atoms with van der Waals surface area (Å²) in [5, 5.41) is 10.3. The van der Waals surface area contributed by atoms with E-state index in [1.54, 1.807) is 50.4 Å². The standard InChI is InChI=1S/C26H28BrNO7/c1-5-34-25(30)19-14-28(13-16-7-9-18(32-3)10-8-16)15-20(26(31)35-6-2)23(19)17-11-21(27)24(29)22(12-17)33-4/h7-12,14-15,23,29H,5-6,13H2,1-4H3. The smallest absolute Gasteiger partial charge is 0.336 e. The zero-order chi connectivity index (χ0) is 25.5. The third-order valence-corrected chi connectivity index (χ3v) is 5.99. The molecule has 9 heteroatoms. The first-order valence-corrected chi connectivity index (χ1v) is 11.8. The third kappa shape index (κ3) is 5.97. The zero-order valence-corrected chi connectivity index (χ0v) is 21.6. The van der Waals surface area contributed by atoms with Gasteiger partial charge >= 0.3 is 11.9 Å². The second-order valence-electron chi connectivity index (χ2n) is 7.62. The van der Waals surface area contributed by atoms with E-state index in [1.807, 2.05) is 24.3 Å². The van der Waals surface area contributed by atoms with Crippen molar-refractivity contribution in [3.05, 3.63) is 75.5 Å². The molecule has 0 radical (unpaired) electrons. The molecule has 0 saturated carbocycles. The van der Waals surface area contributed by atoms with Crippen molar-refractivity contribution in [1.29, 1.82) is 0 Å². The lowest BCUT2D eigenvalue weighted by atomic mass is 9.83. The average Bonchev–Trinajstić information content (AvgIpc) is 2.86. The highest BCUT2D eigenvalue weighted by molar-refractivity contribution is 9.10. The summed E-state index contributed by atoms with van der Waals surface area (Å²) in [7, 11) is 3.02. The Bertz CT molecular complexity index is 1110. The minimum atomic E-state index is -0.800. The molecule has 0 aliphatic carbocycles. The molecule has 35 heavy (non-hydrogen) atoms. The van der Waals surface area contributed by atoms with E-state index < -0.39 is 17.9 Å². The Hall–Kier alpha value is -3.46. The van der Waals surface area contributed by atoms with Crippen LogP contribution in [-0.2, 0) is 25.6 Å². The normalized spacial score (nSPS) is 13.6. The summed E-state index contributed by atoms with van der Waals surface area (Å²) in [5.74, 6) is -1.08. The maximum absolute atomic E-state index is 13.1. The Morgan fingerprint density at radius 3 is 2.00 bits per heavy atom. The van der Waals surface area contributed by atoms with E-state index in [0.717, 1.165) is 11.3 Å². The fraction of sp³-hybridized carbons (Fsp3) is 0.308. The predicted molar refractivity (Wildman–Crippen MR) is 133 cm³/mol. The number of phenolic OH excluding ortho intramolecular Hbond substituents is 1. The lowest BCUT2D eigenvalue weighted by Gasteiger charge is -2.30. The fourth-order valence-corrected chi connectivity index (χ4v) is 4.25. The maximum atomic E-state index is 13.1. The number of benzene rings is 2. The molecule has 2 aromatic rings. The van der Waals surface area contributed by atoms with Gasteiger partial charge in [0.15, 0.2) is 11.5 Å². The number of esters is 2. The Morgan fingerprint density at radius 1 is 0.943 bits per heavy atom. The van der Waals surface area contributed by atoms with Crippen LogP contribution in [0, 0.1) is 0 Å². The van der Waals surface area contributed by atoms with E-state index in [1.165, 1.54) is 7.11 Å². The Kier molecular flexibility index (Phi) is 8.81. The van der Waals surface area contributed by atoms with E-state index >= 15 is 0 Å². The van der Waals surface area contributed by atoms with Crippen molar-refractivity contribution >= 4 is 27.9 Å². The summed E-state index contributed by atoms with van der Waals surface area (Å²) < 4.78 is 21.5. The number of phenols is 1. The molecule has 1 heterocycles. The number of carbonyl (C=O) groups excluding carboxylic acids is 2. The van der Waals surface area contributed by atoms with Crippen molar-refractivity contribution < 1.29 is 33.6 Å². The topological polar surface area (TPSA) is 94.5 Å². The lowest BCUT2D eigenvalue weighted by molar-refractivity contribution is -0.139. The van der Waals surface area contributed by atoms with Crippen LogP contribution in [-0.4, -0.2) is 49.4 Å². The summed E-state index contributed by atoms with van der Waals surface area (Å²) in [6, 6.07) is 10.7. The molecule has 0 bridgehead atoms. The van der Waals surface area contributed by atoms with Gasteiger partial charge in [0.05, 0.1) is 49.0 Å². The van der Waals surface area contributed by atoms with E-state index in [4.69, 9.17) is 18.9 Å². The zero-order valence-electron chi connectivity index (χ0n) is 20.0. The molecule has 0 saturated heterocycles. The van der Waals surface area contributed by atoms with E-state index in [0.29, 0.717) is 16.6 Å². The Morgan fingerprint density at radius 2 is 1.51 bits per heavy atom. The van der Waals surface area contributed by atoms with Gasteiger partial charge in [-0.15, -0.1) is 0 Å². The van der Waals surface area contributed by atoms with Crippen molar-refractivity contribution in [2.24, 2.45) is 0 Å². The Labute approximate surface area is 212 Å². The van der Waals surface area contributed by atoms with Crippen molar-refractivity contribution in [2.75, 3.05) is 27.4 Å². The molecule has 186 valence electrons. The summed E-state index contributed by atoms with van der Waals surface area (Å²) in [5.41, 5.74) is 2.00. The maximum Gasteiger partial charge on any atom is 0.336 e. The van der Waals surface area contributed by atoms with Crippen molar-refractivity contribution in [3.63, 3.8) is 0 Å². The summed E-state index contributed by atoms with van der Waals surface area (Å²) >= 11 is 3.33. The number of nitrogens with zero attached hydrogens (tertiary/aromatic N) is 1. The molecule has 1 aliphatic heterocycles. The molecule has 0 spiro atoms. The van der Waals surface area contributed by atoms with Gasteiger partial charge in [0, 0.05) is 18.9 Å². The molecule has 2 aromatic carbocycles. The number of hydrogen-bond donors (Lipinski definition) is 1. The van der Waals surface area contributed by atoms with Gasteiger partial charge in [0.2, 0.25) is 0 Å². The quantitative estimate of drug-likeness (QED) is 0.454. The van der Waals surface area contributed by atoms with Gasteiger partial charge in [0.1, 0.15) is 5.75 Å². The molecule has 1 aliphatic rings. The Balaban J connectivity index is 2.13. The highest BCUT2D eigenvalue weighted by Crippen LogP contribution is 2.43. The van der Waals surface area contributed by atoms with Crippen molar-refractivity contribution in [2.45, 2.75) is 26.3 Å². The monoisotopic (exact) mass is 545 g/mol. The van der Waals surface area contributed by atoms with Gasteiger partial charge in [0.25, 0.3) is 0 Å². The molecule has 8 nitrogen and oxygen atoms in total. The third-order valence-electron chi connectivity index (χ3n) is 5.38. The van der Waals surface area contributed by atoms with Crippen molar-refractivity contribution in [1.82, 2.24) is 4.90 Å². The number of carbonyl (C=O) groups is 2. The van der Waals surface area contributed by atoms with Gasteiger partial charge in [-0.05, 0) is 65.2 Å². The van der Waals surface area contributed by atoms with Crippen LogP contribution in [0.25, 0.3) is 0 Å². The molecule has 0 amide bonds. The summed E-state index contributed by atoms with van der Waals surface area (Å²) in [6.07, 6.45) is 3.34. The number of halogens is 1. The molecule has 1 N–H and O–H groups in total. The first kappa shape index (κ1) is 26.2. The number of ether oxygens (including phenoxy) is 4. The van der Waals surface area contributed by atoms with Gasteiger partial charge in [-0.25, -0.2) is 9.59 Å². The average molecular weight is 546 g/mol. The molecule has 0 unspecified atom stereocenters. The lowest BCUT2D eigenvalue weighted by Crippen LogP contribution is -2.29. The van der Waals surface area contributed by atoms with E-state index in [-0.39, 0.29) is 35.9 Å². The van der Waals surface area contributed by atoms with Gasteiger partial charge < -0.3 is 29.0 Å². The molecule has 0 aromatic heterocycles. The first-order valence-electron chi connectivity index (χ1n) is 11.1. The van der Waals surface area contributed by atoms with Crippen LogP contribution in [0.15, 0.2) is 64.4 Å². The SMILES string of the molecule is CCOC(=O)C1=CN(Cc2ccc(OC)cc2)C=C(C(=O)OCC)C1c1cc(Br)c(O)c(OC)c1. The first-order chi connectivity index (χ1) is 16.8. The summed E-state index contributed by atoms with van der Waals surface area (Å²) in [6.45, 7) is 4.16. The van der Waals surface area contributed by atoms with Crippen LogP contribution in [0.4, 0.5) is 0 Å². The fourth-order valence-electron chi connectivity index (χ4n) is 3.79. The molecule has 0 fully saturated rings. The largest absolute Gasteiger partial charge is 0.503 e. The number of methoxy groups -OCH3 is 2. The summed E-state index contributed by atoms with van der Waals surface area (Å²) in [4.78, 5) is 27.9. The molecular formula is C26H28BrNO7. The highest BCUT2D eigenvalue weighted by Gasteiger charge is 2.36. The molecular weight excluding hydrogens is 518 g/mol. The van der Waals surface area contributed by atoms with Gasteiger partial charge in [-0.2, -0.15) is 0 Å². The van der Waals surface area contributed by atoms with Crippen molar-refractivity contribution in [3.8, 4) is 17.2 Å². The van der Waals surface area contributed by atoms with Crippen LogP contribution in [0.5, 0.6) is 17.2 Å². The number of aromatic hydroxyl groups is 1. The predicted octanol–water partition coefficient (Wildman–Crippen LogP) is 4.67. The molecule has 3 rings (SSSR count).